The maximum absolute atomic E-state index is 12.6. The van der Waals surface area contributed by atoms with Gasteiger partial charge in [0.05, 0.1) is 0 Å². The number of amides is 1. The number of hydrogen-bond acceptors (Lipinski definition) is 5. The number of carbonyl (C=O) groups is 1. The van der Waals surface area contributed by atoms with Gasteiger partial charge in [-0.15, -0.1) is 0 Å². The molecule has 0 unspecified atom stereocenters. The number of nitrogens with zero attached hydrogens (tertiary/aromatic N) is 1. The van der Waals surface area contributed by atoms with E-state index in [4.69, 9.17) is 14.9 Å². The van der Waals surface area contributed by atoms with Gasteiger partial charge in [-0.3, -0.25) is 0 Å². The first-order valence-electron chi connectivity index (χ1n) is 9.39. The number of ether oxygens (including phenoxy) is 1. The standard InChI is InChI=1S/C22H22N2O4/c1-14-18-8-7-17(27-22(26)24-9-2-3-10-24)13-20(18)28-21(25)19(14)12-15-5-4-6-16(23)11-15/h4-8,11,13H,2-3,9-10,12,23H2,1H3. The Kier molecular flexibility index (Phi) is 4.77. The van der Waals surface area contributed by atoms with E-state index in [1.54, 1.807) is 17.0 Å². The van der Waals surface area contributed by atoms with Crippen LogP contribution < -0.4 is 16.1 Å². The van der Waals surface area contributed by atoms with Gasteiger partial charge in [0, 0.05) is 42.2 Å². The Morgan fingerprint density at radius 2 is 1.96 bits per heavy atom. The molecule has 0 bridgehead atoms. The molecule has 2 heterocycles. The van der Waals surface area contributed by atoms with Crippen LogP contribution >= 0.6 is 0 Å². The summed E-state index contributed by atoms with van der Waals surface area (Å²) in [6.45, 7) is 3.33. The first kappa shape index (κ1) is 18.1. The van der Waals surface area contributed by atoms with Gasteiger partial charge in [-0.25, -0.2) is 9.59 Å². The number of nitrogen functional groups attached to an aromatic ring is 1. The Bertz CT molecular complexity index is 1100. The summed E-state index contributed by atoms with van der Waals surface area (Å²) in [7, 11) is 0. The molecule has 28 heavy (non-hydrogen) atoms. The van der Waals surface area contributed by atoms with Gasteiger partial charge in [0.2, 0.25) is 0 Å². The van der Waals surface area contributed by atoms with Crippen molar-refractivity contribution in [1.82, 2.24) is 4.90 Å². The second kappa shape index (κ2) is 7.38. The summed E-state index contributed by atoms with van der Waals surface area (Å²) in [6, 6.07) is 12.6. The van der Waals surface area contributed by atoms with Crippen molar-refractivity contribution in [2.45, 2.75) is 26.2 Å². The third-order valence-electron chi connectivity index (χ3n) is 5.16. The number of benzene rings is 2. The van der Waals surface area contributed by atoms with Crippen LogP contribution in [-0.4, -0.2) is 24.1 Å². The fourth-order valence-corrected chi connectivity index (χ4v) is 3.61. The van der Waals surface area contributed by atoms with Crippen LogP contribution in [0.3, 0.4) is 0 Å². The van der Waals surface area contributed by atoms with Crippen LogP contribution in [0.2, 0.25) is 0 Å². The van der Waals surface area contributed by atoms with E-state index in [2.05, 4.69) is 0 Å². The van der Waals surface area contributed by atoms with Gasteiger partial charge in [0.1, 0.15) is 11.3 Å². The lowest BCUT2D eigenvalue weighted by molar-refractivity contribution is 0.163. The molecule has 0 spiro atoms. The molecular formula is C22H22N2O4. The van der Waals surface area contributed by atoms with Crippen LogP contribution in [0.25, 0.3) is 11.0 Å². The third kappa shape index (κ3) is 3.58. The average Bonchev–Trinajstić information content (AvgIpc) is 3.20. The molecule has 2 N–H and O–H groups in total. The highest BCUT2D eigenvalue weighted by molar-refractivity contribution is 5.83. The predicted octanol–water partition coefficient (Wildman–Crippen LogP) is 3.87. The van der Waals surface area contributed by atoms with E-state index in [-0.39, 0.29) is 6.09 Å². The van der Waals surface area contributed by atoms with Gasteiger partial charge >= 0.3 is 11.7 Å². The molecule has 1 amide bonds. The van der Waals surface area contributed by atoms with E-state index in [1.165, 1.54) is 0 Å². The number of rotatable bonds is 3. The minimum Gasteiger partial charge on any atom is -0.422 e. The lowest BCUT2D eigenvalue weighted by atomic mass is 9.99. The van der Waals surface area contributed by atoms with Gasteiger partial charge in [-0.2, -0.15) is 0 Å². The smallest absolute Gasteiger partial charge is 0.415 e. The van der Waals surface area contributed by atoms with Crippen LogP contribution in [0.1, 0.15) is 29.5 Å². The molecule has 1 aliphatic heterocycles. The summed E-state index contributed by atoms with van der Waals surface area (Å²) < 4.78 is 11.0. The molecule has 1 fully saturated rings. The summed E-state index contributed by atoms with van der Waals surface area (Å²) in [4.78, 5) is 26.4. The fraction of sp³-hybridized carbons (Fsp3) is 0.273. The van der Waals surface area contributed by atoms with Crippen LogP contribution in [0.4, 0.5) is 10.5 Å². The molecule has 3 aromatic rings. The summed E-state index contributed by atoms with van der Waals surface area (Å²) >= 11 is 0. The van der Waals surface area contributed by atoms with Crippen LogP contribution in [-0.2, 0) is 6.42 Å². The van der Waals surface area contributed by atoms with E-state index in [0.29, 0.717) is 42.1 Å². The molecule has 144 valence electrons. The summed E-state index contributed by atoms with van der Waals surface area (Å²) in [6.07, 6.45) is 2.07. The Hall–Kier alpha value is -3.28. The molecule has 0 saturated carbocycles. The molecule has 1 saturated heterocycles. The highest BCUT2D eigenvalue weighted by atomic mass is 16.6. The SMILES string of the molecule is Cc1c(Cc2cccc(N)c2)c(=O)oc2cc(OC(=O)N3CCCC3)ccc12. The van der Waals surface area contributed by atoms with Crippen molar-refractivity contribution in [2.75, 3.05) is 18.8 Å². The lowest BCUT2D eigenvalue weighted by Crippen LogP contribution is -2.30. The van der Waals surface area contributed by atoms with Crippen molar-refractivity contribution in [3.05, 3.63) is 69.6 Å². The van der Waals surface area contributed by atoms with E-state index >= 15 is 0 Å². The minimum absolute atomic E-state index is 0.366. The van der Waals surface area contributed by atoms with Crippen molar-refractivity contribution in [1.29, 1.82) is 0 Å². The second-order valence-corrected chi connectivity index (χ2v) is 7.13. The van der Waals surface area contributed by atoms with Crippen molar-refractivity contribution >= 4 is 22.7 Å². The first-order chi connectivity index (χ1) is 13.5. The zero-order valence-electron chi connectivity index (χ0n) is 15.7. The number of anilines is 1. The molecular weight excluding hydrogens is 356 g/mol. The number of likely N-dealkylation sites (tertiary alicyclic amines) is 1. The van der Waals surface area contributed by atoms with Crippen molar-refractivity contribution in [2.24, 2.45) is 0 Å². The highest BCUT2D eigenvalue weighted by Gasteiger charge is 2.20. The summed E-state index contributed by atoms with van der Waals surface area (Å²) in [5.41, 5.74) is 8.91. The van der Waals surface area contributed by atoms with Crippen LogP contribution in [0, 0.1) is 6.92 Å². The Morgan fingerprint density at radius 1 is 1.18 bits per heavy atom. The van der Waals surface area contributed by atoms with Gasteiger partial charge in [-0.1, -0.05) is 12.1 Å². The Balaban J connectivity index is 1.64. The average molecular weight is 378 g/mol. The molecule has 1 aromatic heterocycles. The number of fused-ring (bicyclic) bond motifs is 1. The molecule has 0 atom stereocenters. The predicted molar refractivity (Wildman–Crippen MR) is 108 cm³/mol. The maximum Gasteiger partial charge on any atom is 0.415 e. The zero-order chi connectivity index (χ0) is 19.7. The van der Waals surface area contributed by atoms with Crippen molar-refractivity contribution in [3.63, 3.8) is 0 Å². The van der Waals surface area contributed by atoms with Gasteiger partial charge in [0.15, 0.2) is 0 Å². The first-order valence-corrected chi connectivity index (χ1v) is 9.39. The third-order valence-corrected chi connectivity index (χ3v) is 5.16. The van der Waals surface area contributed by atoms with Gasteiger partial charge in [0.25, 0.3) is 0 Å². The van der Waals surface area contributed by atoms with E-state index in [1.807, 2.05) is 37.3 Å². The quantitative estimate of drug-likeness (QED) is 0.552. The number of aryl methyl sites for hydroxylation is 1. The van der Waals surface area contributed by atoms with E-state index in [0.717, 1.165) is 29.4 Å². The number of carbonyl (C=O) groups excluding carboxylic acids is 1. The fourth-order valence-electron chi connectivity index (χ4n) is 3.61. The second-order valence-electron chi connectivity index (χ2n) is 7.13. The highest BCUT2D eigenvalue weighted by Crippen LogP contribution is 2.26. The number of hydrogen-bond donors (Lipinski definition) is 1. The van der Waals surface area contributed by atoms with Crippen molar-refractivity contribution < 1.29 is 13.9 Å². The van der Waals surface area contributed by atoms with Gasteiger partial charge < -0.3 is 19.8 Å². The topological polar surface area (TPSA) is 85.8 Å². The molecule has 4 rings (SSSR count). The lowest BCUT2D eigenvalue weighted by Gasteiger charge is -2.15. The Morgan fingerprint density at radius 3 is 2.71 bits per heavy atom. The molecule has 0 aliphatic carbocycles. The summed E-state index contributed by atoms with van der Waals surface area (Å²) in [5.74, 6) is 0.371. The van der Waals surface area contributed by atoms with Crippen LogP contribution in [0.15, 0.2) is 51.7 Å². The molecule has 1 aliphatic rings. The Labute approximate surface area is 162 Å². The normalized spacial score (nSPS) is 13.8. The maximum atomic E-state index is 12.6. The zero-order valence-corrected chi connectivity index (χ0v) is 15.7. The largest absolute Gasteiger partial charge is 0.422 e. The van der Waals surface area contributed by atoms with Gasteiger partial charge in [-0.05, 0) is 55.2 Å². The van der Waals surface area contributed by atoms with Crippen LogP contribution in [0.5, 0.6) is 5.75 Å². The summed E-state index contributed by atoms with van der Waals surface area (Å²) in [5, 5.41) is 0.819. The minimum atomic E-state index is -0.393. The molecule has 0 radical (unpaired) electrons. The van der Waals surface area contributed by atoms with Crippen molar-refractivity contribution in [3.8, 4) is 5.75 Å². The molecule has 6 nitrogen and oxygen atoms in total. The monoisotopic (exact) mass is 378 g/mol. The number of nitrogens with two attached hydrogens (primary N) is 1. The van der Waals surface area contributed by atoms with E-state index in [9.17, 15) is 9.59 Å². The molecule has 2 aromatic carbocycles. The van der Waals surface area contributed by atoms with E-state index < -0.39 is 5.63 Å². The molecule has 6 heteroatoms.